The molecule has 2 N–H and O–H groups in total. The van der Waals surface area contributed by atoms with E-state index in [0.717, 1.165) is 0 Å². The predicted octanol–water partition coefficient (Wildman–Crippen LogP) is 2.93. The van der Waals surface area contributed by atoms with Gasteiger partial charge in [-0.25, -0.2) is 14.0 Å². The van der Waals surface area contributed by atoms with Crippen LogP contribution in [0, 0.1) is 5.82 Å². The molecule has 0 atom stereocenters. The van der Waals surface area contributed by atoms with Crippen molar-refractivity contribution in [2.24, 2.45) is 0 Å². The molecule has 0 radical (unpaired) electrons. The quantitative estimate of drug-likeness (QED) is 0.440. The van der Waals surface area contributed by atoms with Crippen molar-refractivity contribution in [1.82, 2.24) is 5.32 Å². The van der Waals surface area contributed by atoms with Crippen molar-refractivity contribution in [3.8, 4) is 0 Å². The minimum Gasteiger partial charge on any atom is -0.465 e. The Hall–Kier alpha value is -3.59. The first-order valence-electron chi connectivity index (χ1n) is 8.19. The van der Waals surface area contributed by atoms with Crippen molar-refractivity contribution in [1.29, 1.82) is 0 Å². The van der Waals surface area contributed by atoms with Crippen LogP contribution in [0.25, 0.3) is 6.08 Å². The second-order valence-corrected chi connectivity index (χ2v) is 6.02. The van der Waals surface area contributed by atoms with E-state index in [9.17, 15) is 18.8 Å². The molecule has 0 unspecified atom stereocenters. The number of benzene rings is 2. The highest BCUT2D eigenvalue weighted by Gasteiger charge is 2.14. The topological polar surface area (TPSA) is 93.7 Å². The van der Waals surface area contributed by atoms with E-state index in [1.165, 1.54) is 68.8 Å². The molecule has 0 bridgehead atoms. The number of thiocarbonyl (C=S) groups is 1. The molecule has 29 heavy (non-hydrogen) atoms. The fraction of sp³-hybridized carbons (Fsp3) is 0.100. The van der Waals surface area contributed by atoms with Gasteiger partial charge in [-0.15, -0.1) is 0 Å². The number of carbonyl (C=O) groups is 3. The van der Waals surface area contributed by atoms with Gasteiger partial charge in [0.15, 0.2) is 5.11 Å². The van der Waals surface area contributed by atoms with Gasteiger partial charge in [0, 0.05) is 11.8 Å². The number of hydrogen-bond acceptors (Lipinski definition) is 6. The summed E-state index contributed by atoms with van der Waals surface area (Å²) in [5.41, 5.74) is 1.11. The Morgan fingerprint density at radius 1 is 0.966 bits per heavy atom. The van der Waals surface area contributed by atoms with Crippen molar-refractivity contribution < 1.29 is 28.2 Å². The first-order valence-corrected chi connectivity index (χ1v) is 8.60. The number of hydrogen-bond donors (Lipinski definition) is 2. The third-order valence-corrected chi connectivity index (χ3v) is 3.77. The average Bonchev–Trinajstić information content (AvgIpc) is 2.71. The van der Waals surface area contributed by atoms with Gasteiger partial charge in [-0.2, -0.15) is 0 Å². The SMILES string of the molecule is COC(=O)c1cc(NC(=S)NC(=O)/C=C/c2ccc(F)cc2)cc(C(=O)OC)c1. The third-order valence-electron chi connectivity index (χ3n) is 3.57. The number of carbonyl (C=O) groups excluding carboxylic acids is 3. The fourth-order valence-corrected chi connectivity index (χ4v) is 2.45. The largest absolute Gasteiger partial charge is 0.465 e. The lowest BCUT2D eigenvalue weighted by Crippen LogP contribution is -2.33. The van der Waals surface area contributed by atoms with Crippen LogP contribution in [0.1, 0.15) is 26.3 Å². The highest BCUT2D eigenvalue weighted by atomic mass is 32.1. The monoisotopic (exact) mass is 416 g/mol. The molecule has 7 nitrogen and oxygen atoms in total. The summed E-state index contributed by atoms with van der Waals surface area (Å²) in [6, 6.07) is 9.71. The van der Waals surface area contributed by atoms with Crippen LogP contribution in [-0.2, 0) is 14.3 Å². The molecule has 0 aliphatic carbocycles. The lowest BCUT2D eigenvalue weighted by Gasteiger charge is -2.11. The number of esters is 2. The van der Waals surface area contributed by atoms with E-state index in [1.807, 2.05) is 0 Å². The van der Waals surface area contributed by atoms with Crippen LogP contribution in [-0.4, -0.2) is 37.2 Å². The number of ether oxygens (including phenoxy) is 2. The lowest BCUT2D eigenvalue weighted by molar-refractivity contribution is -0.115. The Morgan fingerprint density at radius 3 is 2.03 bits per heavy atom. The van der Waals surface area contributed by atoms with Crippen LogP contribution in [0.5, 0.6) is 0 Å². The van der Waals surface area contributed by atoms with E-state index in [2.05, 4.69) is 20.1 Å². The van der Waals surface area contributed by atoms with E-state index in [0.29, 0.717) is 5.56 Å². The maximum absolute atomic E-state index is 12.9. The number of amides is 1. The Kier molecular flexibility index (Phi) is 7.55. The first kappa shape index (κ1) is 21.7. The molecule has 0 heterocycles. The lowest BCUT2D eigenvalue weighted by atomic mass is 10.1. The second kappa shape index (κ2) is 10.1. The van der Waals surface area contributed by atoms with E-state index in [-0.39, 0.29) is 27.7 Å². The van der Waals surface area contributed by atoms with Gasteiger partial charge in [0.2, 0.25) is 5.91 Å². The van der Waals surface area contributed by atoms with Crippen molar-refractivity contribution >= 4 is 46.9 Å². The predicted molar refractivity (Wildman–Crippen MR) is 109 cm³/mol. The summed E-state index contributed by atoms with van der Waals surface area (Å²) in [4.78, 5) is 35.6. The Balaban J connectivity index is 2.08. The summed E-state index contributed by atoms with van der Waals surface area (Å²) in [7, 11) is 2.41. The van der Waals surface area contributed by atoms with Gasteiger partial charge < -0.3 is 14.8 Å². The number of nitrogens with one attached hydrogen (secondary N) is 2. The maximum atomic E-state index is 12.9. The molecule has 2 aromatic carbocycles. The van der Waals surface area contributed by atoms with Crippen LogP contribution in [0.3, 0.4) is 0 Å². The molecule has 0 saturated heterocycles. The summed E-state index contributed by atoms with van der Waals surface area (Å²) >= 11 is 5.08. The number of halogens is 1. The van der Waals surface area contributed by atoms with Gasteiger partial charge in [-0.05, 0) is 54.2 Å². The summed E-state index contributed by atoms with van der Waals surface area (Å²) in [5, 5.41) is 5.08. The Labute approximate surface area is 171 Å². The van der Waals surface area contributed by atoms with Crippen molar-refractivity contribution in [3.05, 3.63) is 71.0 Å². The number of rotatable bonds is 5. The van der Waals surface area contributed by atoms with Gasteiger partial charge in [-0.3, -0.25) is 10.1 Å². The molecular formula is C20H17FN2O5S. The smallest absolute Gasteiger partial charge is 0.337 e. The highest BCUT2D eigenvalue weighted by molar-refractivity contribution is 7.80. The number of anilines is 1. The van der Waals surface area contributed by atoms with Gasteiger partial charge >= 0.3 is 11.9 Å². The molecule has 2 aromatic rings. The van der Waals surface area contributed by atoms with Crippen LogP contribution < -0.4 is 10.6 Å². The molecule has 0 saturated carbocycles. The van der Waals surface area contributed by atoms with E-state index in [4.69, 9.17) is 12.2 Å². The maximum Gasteiger partial charge on any atom is 0.337 e. The second-order valence-electron chi connectivity index (χ2n) is 5.61. The molecule has 2 rings (SSSR count). The van der Waals surface area contributed by atoms with Crippen molar-refractivity contribution in [2.45, 2.75) is 0 Å². The highest BCUT2D eigenvalue weighted by Crippen LogP contribution is 2.17. The molecule has 150 valence electrons. The zero-order chi connectivity index (χ0) is 21.4. The van der Waals surface area contributed by atoms with E-state index < -0.39 is 17.8 Å². The Morgan fingerprint density at radius 2 is 1.52 bits per heavy atom. The van der Waals surface area contributed by atoms with Gasteiger partial charge in [0.05, 0.1) is 25.3 Å². The minimum absolute atomic E-state index is 0.0587. The molecule has 0 aliphatic rings. The van der Waals surface area contributed by atoms with E-state index >= 15 is 0 Å². The summed E-state index contributed by atoms with van der Waals surface area (Å²) in [5.74, 6) is -2.21. The minimum atomic E-state index is -0.656. The van der Waals surface area contributed by atoms with Crippen LogP contribution >= 0.6 is 12.2 Å². The van der Waals surface area contributed by atoms with Crippen LogP contribution in [0.4, 0.5) is 10.1 Å². The molecule has 0 spiro atoms. The van der Waals surface area contributed by atoms with E-state index in [1.54, 1.807) is 0 Å². The van der Waals surface area contributed by atoms with Crippen LogP contribution in [0.2, 0.25) is 0 Å². The fourth-order valence-electron chi connectivity index (χ4n) is 2.23. The van der Waals surface area contributed by atoms with Crippen molar-refractivity contribution in [3.63, 3.8) is 0 Å². The van der Waals surface area contributed by atoms with Crippen molar-refractivity contribution in [2.75, 3.05) is 19.5 Å². The molecule has 0 aromatic heterocycles. The summed E-state index contributed by atoms with van der Waals surface area (Å²) in [6.07, 6.45) is 2.72. The molecule has 9 heteroatoms. The zero-order valence-corrected chi connectivity index (χ0v) is 16.3. The zero-order valence-electron chi connectivity index (χ0n) is 15.5. The standard InChI is InChI=1S/C20H17FN2O5S/c1-27-18(25)13-9-14(19(26)28-2)11-16(10-13)22-20(29)23-17(24)8-5-12-3-6-15(21)7-4-12/h3-11H,1-2H3,(H2,22,23,24,29)/b8-5+. The Bertz CT molecular complexity index is 939. The molecular weight excluding hydrogens is 399 g/mol. The first-order chi connectivity index (χ1) is 13.8. The molecule has 0 aliphatic heterocycles. The molecule has 1 amide bonds. The van der Waals surface area contributed by atoms with Gasteiger partial charge in [0.1, 0.15) is 5.82 Å². The van der Waals surface area contributed by atoms with Crippen LogP contribution in [0.15, 0.2) is 48.5 Å². The average molecular weight is 416 g/mol. The molecule has 0 fully saturated rings. The summed E-state index contributed by atoms with van der Waals surface area (Å²) < 4.78 is 22.2. The van der Waals surface area contributed by atoms with Gasteiger partial charge in [0.25, 0.3) is 0 Å². The van der Waals surface area contributed by atoms with Gasteiger partial charge in [-0.1, -0.05) is 12.1 Å². The number of methoxy groups -OCH3 is 2. The normalized spacial score (nSPS) is 10.3. The summed E-state index contributed by atoms with van der Waals surface area (Å²) in [6.45, 7) is 0. The third kappa shape index (κ3) is 6.51.